The highest BCUT2D eigenvalue weighted by atomic mass is 16.5. The zero-order chi connectivity index (χ0) is 12.7. The van der Waals surface area contributed by atoms with Crippen molar-refractivity contribution in [3.8, 4) is 5.88 Å². The molecule has 5 N–H and O–H groups in total. The molecule has 1 aromatic rings. The van der Waals surface area contributed by atoms with Crippen molar-refractivity contribution in [3.05, 3.63) is 6.07 Å². The largest absolute Gasteiger partial charge is 0.476 e. The molecule has 0 unspecified atom stereocenters. The van der Waals surface area contributed by atoms with Crippen LogP contribution >= 0.6 is 0 Å². The Morgan fingerprint density at radius 3 is 2.65 bits per heavy atom. The third-order valence-corrected chi connectivity index (χ3v) is 2.42. The van der Waals surface area contributed by atoms with Crippen LogP contribution in [-0.2, 0) is 0 Å². The SMILES string of the molecule is CCN(CC)CCOc1cc(NN)nc(N)n1. The predicted octanol–water partition coefficient (Wildman–Crippen LogP) is 0.0650. The first kappa shape index (κ1) is 13.5. The average Bonchev–Trinajstić information content (AvgIpc) is 2.34. The van der Waals surface area contributed by atoms with Crippen LogP contribution in [-0.4, -0.2) is 41.1 Å². The van der Waals surface area contributed by atoms with E-state index in [9.17, 15) is 0 Å². The van der Waals surface area contributed by atoms with Gasteiger partial charge in [0.05, 0.1) is 0 Å². The molecule has 0 amide bonds. The molecule has 0 saturated heterocycles. The molecule has 0 aromatic carbocycles. The molecule has 7 nitrogen and oxygen atoms in total. The lowest BCUT2D eigenvalue weighted by Gasteiger charge is -2.17. The Balaban J connectivity index is 2.48. The van der Waals surface area contributed by atoms with Gasteiger partial charge in [0.15, 0.2) is 0 Å². The van der Waals surface area contributed by atoms with Gasteiger partial charge in [-0.3, -0.25) is 0 Å². The minimum absolute atomic E-state index is 0.137. The molecule has 0 aliphatic rings. The Bertz CT molecular complexity index is 342. The van der Waals surface area contributed by atoms with E-state index in [2.05, 4.69) is 34.1 Å². The van der Waals surface area contributed by atoms with Gasteiger partial charge in [-0.1, -0.05) is 13.8 Å². The maximum absolute atomic E-state index is 5.51. The summed E-state index contributed by atoms with van der Waals surface area (Å²) < 4.78 is 5.50. The summed E-state index contributed by atoms with van der Waals surface area (Å²) in [6.45, 7) is 7.64. The van der Waals surface area contributed by atoms with Crippen molar-refractivity contribution in [2.45, 2.75) is 13.8 Å². The van der Waals surface area contributed by atoms with Crippen LogP contribution in [0.3, 0.4) is 0 Å². The summed E-state index contributed by atoms with van der Waals surface area (Å²) in [6, 6.07) is 1.61. The average molecular weight is 240 g/mol. The molecule has 0 saturated carbocycles. The van der Waals surface area contributed by atoms with Crippen LogP contribution in [0, 0.1) is 0 Å². The second-order valence-corrected chi connectivity index (χ2v) is 3.47. The molecule has 0 aliphatic heterocycles. The fourth-order valence-corrected chi connectivity index (χ4v) is 1.41. The summed E-state index contributed by atoms with van der Waals surface area (Å²) >= 11 is 0. The van der Waals surface area contributed by atoms with Crippen LogP contribution < -0.4 is 21.7 Å². The quantitative estimate of drug-likeness (QED) is 0.457. The summed E-state index contributed by atoms with van der Waals surface area (Å²) in [6.07, 6.45) is 0. The maximum atomic E-state index is 5.51. The molecular formula is C10H20N6O. The number of ether oxygens (including phenoxy) is 1. The monoisotopic (exact) mass is 240 g/mol. The van der Waals surface area contributed by atoms with Gasteiger partial charge in [0.25, 0.3) is 0 Å². The molecule has 1 aromatic heterocycles. The molecular weight excluding hydrogens is 220 g/mol. The van der Waals surface area contributed by atoms with Crippen molar-refractivity contribution >= 4 is 11.8 Å². The fourth-order valence-electron chi connectivity index (χ4n) is 1.41. The lowest BCUT2D eigenvalue weighted by Crippen LogP contribution is -2.28. The second-order valence-electron chi connectivity index (χ2n) is 3.47. The van der Waals surface area contributed by atoms with Gasteiger partial charge in [-0.15, -0.1) is 0 Å². The standard InChI is InChI=1S/C10H20N6O/c1-3-16(4-2)5-6-17-9-7-8(15-12)13-10(11)14-9/h7H,3-6,12H2,1-2H3,(H3,11,13,14,15). The molecule has 96 valence electrons. The smallest absolute Gasteiger partial charge is 0.225 e. The van der Waals surface area contributed by atoms with Gasteiger partial charge in [-0.2, -0.15) is 9.97 Å². The number of hydrazine groups is 1. The molecule has 17 heavy (non-hydrogen) atoms. The number of nitrogens with one attached hydrogen (secondary N) is 1. The van der Waals surface area contributed by atoms with Crippen LogP contribution in [0.1, 0.15) is 13.8 Å². The van der Waals surface area contributed by atoms with Crippen molar-refractivity contribution in [1.82, 2.24) is 14.9 Å². The van der Waals surface area contributed by atoms with Gasteiger partial charge in [0.1, 0.15) is 12.4 Å². The van der Waals surface area contributed by atoms with E-state index in [0.717, 1.165) is 19.6 Å². The number of aromatic nitrogens is 2. The summed E-state index contributed by atoms with van der Waals surface area (Å²) in [4.78, 5) is 10.1. The van der Waals surface area contributed by atoms with E-state index in [4.69, 9.17) is 16.3 Å². The minimum Gasteiger partial charge on any atom is -0.476 e. The number of likely N-dealkylation sites (N-methyl/N-ethyl adjacent to an activating group) is 1. The number of nitrogens with two attached hydrogens (primary N) is 2. The fraction of sp³-hybridized carbons (Fsp3) is 0.600. The minimum atomic E-state index is 0.137. The number of hydrogen-bond donors (Lipinski definition) is 3. The van der Waals surface area contributed by atoms with Crippen LogP contribution in [0.2, 0.25) is 0 Å². The zero-order valence-corrected chi connectivity index (χ0v) is 10.3. The van der Waals surface area contributed by atoms with Gasteiger partial charge >= 0.3 is 0 Å². The van der Waals surface area contributed by atoms with Crippen molar-refractivity contribution in [3.63, 3.8) is 0 Å². The summed E-state index contributed by atoms with van der Waals surface area (Å²) in [7, 11) is 0. The number of nitrogens with zero attached hydrogens (tertiary/aromatic N) is 3. The third-order valence-electron chi connectivity index (χ3n) is 2.42. The summed E-state index contributed by atoms with van der Waals surface area (Å²) in [5.41, 5.74) is 7.92. The molecule has 0 fully saturated rings. The Morgan fingerprint density at radius 2 is 2.06 bits per heavy atom. The van der Waals surface area contributed by atoms with Crippen LogP contribution in [0.4, 0.5) is 11.8 Å². The van der Waals surface area contributed by atoms with Gasteiger partial charge in [0, 0.05) is 12.6 Å². The van der Waals surface area contributed by atoms with Gasteiger partial charge in [-0.25, -0.2) is 5.84 Å². The van der Waals surface area contributed by atoms with E-state index < -0.39 is 0 Å². The van der Waals surface area contributed by atoms with E-state index in [1.807, 2.05) is 0 Å². The normalized spacial score (nSPS) is 10.6. The van der Waals surface area contributed by atoms with Crippen molar-refractivity contribution in [1.29, 1.82) is 0 Å². The number of hydrogen-bond acceptors (Lipinski definition) is 7. The second kappa shape index (κ2) is 6.87. The van der Waals surface area contributed by atoms with Crippen molar-refractivity contribution in [2.75, 3.05) is 37.4 Å². The summed E-state index contributed by atoms with van der Waals surface area (Å²) in [5, 5.41) is 0. The van der Waals surface area contributed by atoms with Gasteiger partial charge < -0.3 is 20.8 Å². The molecule has 1 heterocycles. The number of nitrogen functional groups attached to an aromatic ring is 2. The highest BCUT2D eigenvalue weighted by Gasteiger charge is 2.03. The Labute approximate surface area is 101 Å². The van der Waals surface area contributed by atoms with Crippen LogP contribution in [0.25, 0.3) is 0 Å². The third kappa shape index (κ3) is 4.41. The lowest BCUT2D eigenvalue weighted by molar-refractivity contribution is 0.218. The molecule has 7 heteroatoms. The van der Waals surface area contributed by atoms with E-state index in [0.29, 0.717) is 18.3 Å². The first-order valence-electron chi connectivity index (χ1n) is 5.65. The Morgan fingerprint density at radius 1 is 1.35 bits per heavy atom. The first-order valence-corrected chi connectivity index (χ1v) is 5.65. The van der Waals surface area contributed by atoms with E-state index >= 15 is 0 Å². The molecule has 1 rings (SSSR count). The van der Waals surface area contributed by atoms with Gasteiger partial charge in [-0.05, 0) is 13.1 Å². The van der Waals surface area contributed by atoms with E-state index in [1.54, 1.807) is 6.07 Å². The maximum Gasteiger partial charge on any atom is 0.225 e. The topological polar surface area (TPSA) is 102 Å². The Hall–Kier alpha value is -1.60. The van der Waals surface area contributed by atoms with E-state index in [1.165, 1.54) is 0 Å². The molecule has 0 radical (unpaired) electrons. The van der Waals surface area contributed by atoms with Gasteiger partial charge in [0.2, 0.25) is 11.8 Å². The zero-order valence-electron chi connectivity index (χ0n) is 10.3. The molecule has 0 atom stereocenters. The van der Waals surface area contributed by atoms with Crippen molar-refractivity contribution in [2.24, 2.45) is 5.84 Å². The molecule has 0 bridgehead atoms. The lowest BCUT2D eigenvalue weighted by atomic mass is 10.5. The number of anilines is 2. The number of rotatable bonds is 7. The predicted molar refractivity (Wildman–Crippen MR) is 67.5 cm³/mol. The molecule has 0 aliphatic carbocycles. The van der Waals surface area contributed by atoms with Crippen LogP contribution in [0.15, 0.2) is 6.07 Å². The highest BCUT2D eigenvalue weighted by Crippen LogP contribution is 2.13. The molecule has 0 spiro atoms. The van der Waals surface area contributed by atoms with Crippen LogP contribution in [0.5, 0.6) is 5.88 Å². The highest BCUT2D eigenvalue weighted by molar-refractivity contribution is 5.41. The summed E-state index contributed by atoms with van der Waals surface area (Å²) in [5.74, 6) is 6.25. The Kier molecular flexibility index (Phi) is 5.44. The van der Waals surface area contributed by atoms with Crippen molar-refractivity contribution < 1.29 is 4.74 Å². The first-order chi connectivity index (χ1) is 8.19. The van der Waals surface area contributed by atoms with E-state index in [-0.39, 0.29) is 5.95 Å².